The van der Waals surface area contributed by atoms with Crippen molar-refractivity contribution < 1.29 is 9.47 Å². The standard InChI is InChI=1S/C19H23Cl2N3O3/c1-13-3-4-14(11-16(13)20)24-19(25)18(21)17(12-22-24)23-7-5-15(6-8-23)27-10-9-26-2/h3-4,11-12,15H,5-10H2,1-2H3. The highest BCUT2D eigenvalue weighted by Crippen LogP contribution is 2.26. The minimum Gasteiger partial charge on any atom is -0.382 e. The summed E-state index contributed by atoms with van der Waals surface area (Å²) in [5.74, 6) is 0. The Morgan fingerprint density at radius 3 is 2.63 bits per heavy atom. The number of rotatable bonds is 6. The van der Waals surface area contributed by atoms with Crippen LogP contribution >= 0.6 is 23.2 Å². The van der Waals surface area contributed by atoms with Gasteiger partial charge < -0.3 is 14.4 Å². The van der Waals surface area contributed by atoms with Gasteiger partial charge in [0.2, 0.25) is 0 Å². The predicted octanol–water partition coefficient (Wildman–Crippen LogP) is 3.48. The maximum absolute atomic E-state index is 12.7. The van der Waals surface area contributed by atoms with Crippen molar-refractivity contribution in [3.05, 3.63) is 50.4 Å². The number of halogens is 2. The second kappa shape index (κ2) is 9.06. The lowest BCUT2D eigenvalue weighted by Crippen LogP contribution is -2.38. The molecule has 0 radical (unpaired) electrons. The third-order valence-corrected chi connectivity index (χ3v) is 5.49. The van der Waals surface area contributed by atoms with E-state index in [0.29, 0.717) is 29.6 Å². The molecular formula is C19H23Cl2N3O3. The van der Waals surface area contributed by atoms with E-state index in [1.807, 2.05) is 13.0 Å². The smallest absolute Gasteiger partial charge is 0.292 e. The average Bonchev–Trinajstić information content (AvgIpc) is 2.67. The summed E-state index contributed by atoms with van der Waals surface area (Å²) >= 11 is 12.6. The molecule has 8 heteroatoms. The van der Waals surface area contributed by atoms with Gasteiger partial charge in [0.15, 0.2) is 0 Å². The molecule has 0 spiro atoms. The lowest BCUT2D eigenvalue weighted by Gasteiger charge is -2.33. The molecule has 3 rings (SSSR count). The van der Waals surface area contributed by atoms with Gasteiger partial charge in [0.25, 0.3) is 5.56 Å². The summed E-state index contributed by atoms with van der Waals surface area (Å²) in [4.78, 5) is 14.8. The Labute approximate surface area is 168 Å². The second-order valence-electron chi connectivity index (χ2n) is 6.54. The molecule has 146 valence electrons. The van der Waals surface area contributed by atoms with Crippen LogP contribution in [0.4, 0.5) is 5.69 Å². The van der Waals surface area contributed by atoms with Crippen LogP contribution in [0.3, 0.4) is 0 Å². The largest absolute Gasteiger partial charge is 0.382 e. The zero-order chi connectivity index (χ0) is 19.4. The van der Waals surface area contributed by atoms with Gasteiger partial charge in [-0.2, -0.15) is 9.78 Å². The van der Waals surface area contributed by atoms with Crippen molar-refractivity contribution in [1.29, 1.82) is 0 Å². The highest BCUT2D eigenvalue weighted by Gasteiger charge is 2.23. The zero-order valence-corrected chi connectivity index (χ0v) is 17.0. The summed E-state index contributed by atoms with van der Waals surface area (Å²) in [6.45, 7) is 4.62. The summed E-state index contributed by atoms with van der Waals surface area (Å²) in [7, 11) is 1.66. The Hall–Kier alpha value is -1.60. The fourth-order valence-corrected chi connectivity index (χ4v) is 3.53. The van der Waals surface area contributed by atoms with Gasteiger partial charge in [-0.25, -0.2) is 0 Å². The fourth-order valence-electron chi connectivity index (χ4n) is 3.10. The Bertz CT molecular complexity index is 849. The van der Waals surface area contributed by atoms with E-state index < -0.39 is 0 Å². The van der Waals surface area contributed by atoms with Crippen LogP contribution in [0.15, 0.2) is 29.2 Å². The number of hydrogen-bond acceptors (Lipinski definition) is 5. The first-order valence-corrected chi connectivity index (χ1v) is 9.66. The molecule has 1 aromatic carbocycles. The van der Waals surface area contributed by atoms with Crippen LogP contribution in [0.1, 0.15) is 18.4 Å². The molecule has 1 aromatic heterocycles. The molecule has 1 saturated heterocycles. The minimum atomic E-state index is -0.354. The van der Waals surface area contributed by atoms with Gasteiger partial charge in [0.05, 0.1) is 36.9 Å². The molecule has 0 aliphatic carbocycles. The first kappa shape index (κ1) is 20.1. The quantitative estimate of drug-likeness (QED) is 0.680. The van der Waals surface area contributed by atoms with E-state index in [9.17, 15) is 4.79 Å². The fraction of sp³-hybridized carbons (Fsp3) is 0.474. The number of ether oxygens (including phenoxy) is 2. The molecular weight excluding hydrogens is 389 g/mol. The van der Waals surface area contributed by atoms with Crippen LogP contribution in [-0.4, -0.2) is 49.3 Å². The number of anilines is 1. The van der Waals surface area contributed by atoms with E-state index in [2.05, 4.69) is 10.00 Å². The molecule has 1 fully saturated rings. The lowest BCUT2D eigenvalue weighted by molar-refractivity contribution is 0.00609. The summed E-state index contributed by atoms with van der Waals surface area (Å²) in [6.07, 6.45) is 3.59. The van der Waals surface area contributed by atoms with Crippen LogP contribution in [-0.2, 0) is 9.47 Å². The van der Waals surface area contributed by atoms with Gasteiger partial charge in [-0.15, -0.1) is 0 Å². The van der Waals surface area contributed by atoms with Crippen molar-refractivity contribution in [3.63, 3.8) is 0 Å². The Morgan fingerprint density at radius 2 is 1.96 bits per heavy atom. The van der Waals surface area contributed by atoms with Crippen molar-refractivity contribution in [2.45, 2.75) is 25.9 Å². The predicted molar refractivity (Wildman–Crippen MR) is 108 cm³/mol. The van der Waals surface area contributed by atoms with Gasteiger partial charge in [-0.1, -0.05) is 29.3 Å². The van der Waals surface area contributed by atoms with E-state index in [4.69, 9.17) is 32.7 Å². The summed E-state index contributed by atoms with van der Waals surface area (Å²) in [5, 5.41) is 5.05. The molecule has 0 unspecified atom stereocenters. The molecule has 2 heterocycles. The number of methoxy groups -OCH3 is 1. The van der Waals surface area contributed by atoms with Crippen LogP contribution < -0.4 is 10.5 Å². The highest BCUT2D eigenvalue weighted by atomic mass is 35.5. The molecule has 6 nitrogen and oxygen atoms in total. The SMILES string of the molecule is COCCOC1CCN(c2cnn(-c3ccc(C)c(Cl)c3)c(=O)c2Cl)CC1. The van der Waals surface area contributed by atoms with Gasteiger partial charge in [0, 0.05) is 25.2 Å². The third kappa shape index (κ3) is 4.63. The Morgan fingerprint density at radius 1 is 1.22 bits per heavy atom. The number of aryl methyl sites for hydroxylation is 1. The van der Waals surface area contributed by atoms with E-state index in [-0.39, 0.29) is 16.7 Å². The lowest BCUT2D eigenvalue weighted by atomic mass is 10.1. The van der Waals surface area contributed by atoms with Crippen molar-refractivity contribution in [2.24, 2.45) is 0 Å². The van der Waals surface area contributed by atoms with Crippen molar-refractivity contribution in [3.8, 4) is 5.69 Å². The maximum atomic E-state index is 12.7. The van der Waals surface area contributed by atoms with E-state index in [0.717, 1.165) is 31.5 Å². The van der Waals surface area contributed by atoms with Crippen LogP contribution in [0, 0.1) is 6.92 Å². The van der Waals surface area contributed by atoms with Gasteiger partial charge >= 0.3 is 0 Å². The van der Waals surface area contributed by atoms with Gasteiger partial charge in [-0.3, -0.25) is 4.79 Å². The summed E-state index contributed by atoms with van der Waals surface area (Å²) < 4.78 is 12.1. The molecule has 2 aromatic rings. The normalized spacial score (nSPS) is 15.3. The highest BCUT2D eigenvalue weighted by molar-refractivity contribution is 6.33. The number of aromatic nitrogens is 2. The van der Waals surface area contributed by atoms with Crippen molar-refractivity contribution >= 4 is 28.9 Å². The molecule has 0 N–H and O–H groups in total. The van der Waals surface area contributed by atoms with E-state index in [1.165, 1.54) is 4.68 Å². The maximum Gasteiger partial charge on any atom is 0.292 e. The van der Waals surface area contributed by atoms with Gasteiger partial charge in [0.1, 0.15) is 5.02 Å². The molecule has 0 bridgehead atoms. The summed E-state index contributed by atoms with van der Waals surface area (Å²) in [6, 6.07) is 5.36. The summed E-state index contributed by atoms with van der Waals surface area (Å²) in [5.41, 5.74) is 1.83. The second-order valence-corrected chi connectivity index (χ2v) is 7.33. The number of benzene rings is 1. The minimum absolute atomic E-state index is 0.167. The topological polar surface area (TPSA) is 56.6 Å². The molecule has 1 aliphatic heterocycles. The monoisotopic (exact) mass is 411 g/mol. The van der Waals surface area contributed by atoms with Crippen LogP contribution in [0.5, 0.6) is 0 Å². The average molecular weight is 412 g/mol. The Kier molecular flexibility index (Phi) is 6.76. The van der Waals surface area contributed by atoms with Crippen molar-refractivity contribution in [1.82, 2.24) is 9.78 Å². The van der Waals surface area contributed by atoms with E-state index in [1.54, 1.807) is 25.4 Å². The first-order chi connectivity index (χ1) is 13.0. The molecule has 0 atom stereocenters. The third-order valence-electron chi connectivity index (χ3n) is 4.72. The molecule has 0 amide bonds. The number of hydrogen-bond donors (Lipinski definition) is 0. The molecule has 1 aliphatic rings. The van der Waals surface area contributed by atoms with Gasteiger partial charge in [-0.05, 0) is 37.5 Å². The van der Waals surface area contributed by atoms with Crippen LogP contribution in [0.25, 0.3) is 5.69 Å². The molecule has 27 heavy (non-hydrogen) atoms. The zero-order valence-electron chi connectivity index (χ0n) is 15.5. The number of nitrogens with zero attached hydrogens (tertiary/aromatic N) is 3. The van der Waals surface area contributed by atoms with E-state index >= 15 is 0 Å². The Balaban J connectivity index is 1.74. The number of piperidine rings is 1. The first-order valence-electron chi connectivity index (χ1n) is 8.91. The van der Waals surface area contributed by atoms with Crippen LogP contribution in [0.2, 0.25) is 10.0 Å². The molecule has 0 saturated carbocycles. The van der Waals surface area contributed by atoms with Crippen molar-refractivity contribution in [2.75, 3.05) is 38.3 Å².